The topological polar surface area (TPSA) is 0 Å². The van der Waals surface area contributed by atoms with Crippen molar-refractivity contribution in [1.29, 1.82) is 0 Å². The number of hydrogen-bond donors (Lipinski definition) is 0. The van der Waals surface area contributed by atoms with Crippen LogP contribution in [0, 0.1) is 34.5 Å². The van der Waals surface area contributed by atoms with E-state index in [2.05, 4.69) is 13.8 Å². The quantitative estimate of drug-likeness (QED) is 0.418. The molecule has 0 atom stereocenters. The van der Waals surface area contributed by atoms with Gasteiger partial charge in [-0.25, -0.2) is 0 Å². The van der Waals surface area contributed by atoms with Crippen molar-refractivity contribution in [2.45, 2.75) is 136 Å². The highest BCUT2D eigenvalue weighted by Gasteiger charge is 2.51. The first kappa shape index (κ1) is 20.3. The van der Waals surface area contributed by atoms with Gasteiger partial charge in [0.05, 0.1) is 0 Å². The predicted octanol–water partition coefficient (Wildman–Crippen LogP) is 8.93. The van der Waals surface area contributed by atoms with Crippen molar-refractivity contribution in [2.75, 3.05) is 0 Å². The molecule has 0 radical (unpaired) electrons. The van der Waals surface area contributed by atoms with Crippen LogP contribution in [0.15, 0.2) is 0 Å². The molecule has 0 aliphatic heterocycles. The van der Waals surface area contributed by atoms with E-state index >= 15 is 0 Å². The maximum atomic E-state index is 2.38. The lowest BCUT2D eigenvalue weighted by atomic mass is 9.47. The largest absolute Gasteiger partial charge is 0.0654 e. The molecule has 0 unspecified atom stereocenters. The van der Waals surface area contributed by atoms with Crippen LogP contribution in [0.2, 0.25) is 0 Å². The Morgan fingerprint density at radius 1 is 0.630 bits per heavy atom. The van der Waals surface area contributed by atoms with Crippen LogP contribution in [0.5, 0.6) is 0 Å². The van der Waals surface area contributed by atoms with Crippen LogP contribution in [-0.2, 0) is 0 Å². The third-order valence-electron chi connectivity index (χ3n) is 10.4. The van der Waals surface area contributed by atoms with Gasteiger partial charge in [0, 0.05) is 0 Å². The lowest BCUT2D eigenvalue weighted by Gasteiger charge is -2.58. The highest BCUT2D eigenvalue weighted by molar-refractivity contribution is 5.03. The molecule has 5 saturated carbocycles. The van der Waals surface area contributed by atoms with Crippen molar-refractivity contribution in [2.24, 2.45) is 34.5 Å². The first-order valence-electron chi connectivity index (χ1n) is 13.2. The Morgan fingerprint density at radius 3 is 1.70 bits per heavy atom. The van der Waals surface area contributed by atoms with Crippen LogP contribution < -0.4 is 0 Å². The highest BCUT2D eigenvalue weighted by atomic mass is 14.6. The maximum Gasteiger partial charge on any atom is -0.0269 e. The van der Waals surface area contributed by atoms with E-state index in [4.69, 9.17) is 0 Å². The van der Waals surface area contributed by atoms with E-state index in [1.807, 2.05) is 0 Å². The minimum absolute atomic E-state index is 0.798. The minimum atomic E-state index is 0.798. The van der Waals surface area contributed by atoms with Gasteiger partial charge in [-0.2, -0.15) is 0 Å². The molecular weight excluding hydrogens is 324 g/mol. The van der Waals surface area contributed by atoms with Crippen LogP contribution in [0.25, 0.3) is 0 Å². The van der Waals surface area contributed by atoms with E-state index in [-0.39, 0.29) is 0 Å². The third kappa shape index (κ3) is 4.30. The Hall–Kier alpha value is 0. The zero-order valence-electron chi connectivity index (χ0n) is 18.7. The molecule has 0 amide bonds. The van der Waals surface area contributed by atoms with Crippen molar-refractivity contribution < 1.29 is 0 Å². The van der Waals surface area contributed by atoms with Crippen LogP contribution in [0.1, 0.15) is 136 Å². The second-order valence-corrected chi connectivity index (χ2v) is 11.6. The number of fused-ring (bicyclic) bond motifs is 3. The van der Waals surface area contributed by atoms with Crippen LogP contribution in [0.3, 0.4) is 0 Å². The summed E-state index contributed by atoms with van der Waals surface area (Å²) in [5, 5.41) is 0. The second kappa shape index (κ2) is 8.79. The Kier molecular flexibility index (Phi) is 6.60. The summed E-state index contributed by atoms with van der Waals surface area (Å²) < 4.78 is 0. The minimum Gasteiger partial charge on any atom is -0.0654 e. The summed E-state index contributed by atoms with van der Waals surface area (Å²) >= 11 is 0. The monoisotopic (exact) mass is 372 g/mol. The summed E-state index contributed by atoms with van der Waals surface area (Å²) in [6.07, 6.45) is 29.6. The predicted molar refractivity (Wildman–Crippen MR) is 118 cm³/mol. The Labute approximate surface area is 170 Å². The number of unbranched alkanes of at least 4 members (excludes halogenated alkanes) is 1. The van der Waals surface area contributed by atoms with E-state index in [9.17, 15) is 0 Å². The SMILES string of the molecule is CCCCC12CCC(C3CCC(C4CCC(CCC)CC4)CC3)(CC1)CC2. The summed E-state index contributed by atoms with van der Waals surface area (Å²) in [4.78, 5) is 0. The van der Waals surface area contributed by atoms with Gasteiger partial charge in [-0.15, -0.1) is 0 Å². The van der Waals surface area contributed by atoms with Gasteiger partial charge in [0.15, 0.2) is 0 Å². The van der Waals surface area contributed by atoms with Gasteiger partial charge in [-0.05, 0) is 118 Å². The van der Waals surface area contributed by atoms with Gasteiger partial charge in [0.1, 0.15) is 0 Å². The molecule has 27 heavy (non-hydrogen) atoms. The van der Waals surface area contributed by atoms with E-state index < -0.39 is 0 Å². The third-order valence-corrected chi connectivity index (χ3v) is 10.4. The van der Waals surface area contributed by atoms with E-state index in [1.165, 1.54) is 25.7 Å². The van der Waals surface area contributed by atoms with Gasteiger partial charge < -0.3 is 0 Å². The lowest BCUT2D eigenvalue weighted by molar-refractivity contribution is -0.0678. The first-order valence-corrected chi connectivity index (χ1v) is 13.2. The van der Waals surface area contributed by atoms with Gasteiger partial charge >= 0.3 is 0 Å². The molecule has 5 fully saturated rings. The standard InChI is InChI=1S/C27H48/c1-3-5-15-26-16-19-27(20-17-26,21-18-26)25-13-11-24(12-14-25)23-9-7-22(6-4-2)8-10-23/h22-25H,3-21H2,1-2H3. The highest BCUT2D eigenvalue weighted by Crippen LogP contribution is 2.63. The normalized spacial score (nSPS) is 45.1. The molecule has 0 heterocycles. The zero-order chi connectivity index (χ0) is 18.7. The molecule has 0 saturated heterocycles. The van der Waals surface area contributed by atoms with Gasteiger partial charge in [-0.3, -0.25) is 0 Å². The van der Waals surface area contributed by atoms with Crippen LogP contribution in [0.4, 0.5) is 0 Å². The lowest BCUT2D eigenvalue weighted by Crippen LogP contribution is -2.46. The summed E-state index contributed by atoms with van der Waals surface area (Å²) in [6, 6.07) is 0. The summed E-state index contributed by atoms with van der Waals surface area (Å²) in [6.45, 7) is 4.75. The fraction of sp³-hybridized carbons (Fsp3) is 1.00. The van der Waals surface area contributed by atoms with Gasteiger partial charge in [0.2, 0.25) is 0 Å². The van der Waals surface area contributed by atoms with Crippen molar-refractivity contribution >= 4 is 0 Å². The molecule has 0 aromatic heterocycles. The molecule has 2 bridgehead atoms. The molecule has 0 heteroatoms. The van der Waals surface area contributed by atoms with Gasteiger partial charge in [-0.1, -0.05) is 52.4 Å². The summed E-state index contributed by atoms with van der Waals surface area (Å²) in [7, 11) is 0. The summed E-state index contributed by atoms with van der Waals surface area (Å²) in [5.74, 6) is 4.40. The average Bonchev–Trinajstić information content (AvgIpc) is 2.75. The second-order valence-electron chi connectivity index (χ2n) is 11.6. The van der Waals surface area contributed by atoms with E-state index in [0.29, 0.717) is 0 Å². The Bertz CT molecular complexity index is 422. The van der Waals surface area contributed by atoms with E-state index in [0.717, 1.165) is 34.5 Å². The maximum absolute atomic E-state index is 2.38. The fourth-order valence-electron chi connectivity index (χ4n) is 8.39. The molecule has 0 aromatic rings. The Morgan fingerprint density at radius 2 is 1.19 bits per heavy atom. The Balaban J connectivity index is 1.25. The van der Waals surface area contributed by atoms with Crippen LogP contribution in [-0.4, -0.2) is 0 Å². The van der Waals surface area contributed by atoms with Crippen LogP contribution >= 0.6 is 0 Å². The molecule has 5 aliphatic rings. The van der Waals surface area contributed by atoms with Crippen molar-refractivity contribution in [1.82, 2.24) is 0 Å². The smallest absolute Gasteiger partial charge is 0.0269 e. The molecule has 0 N–H and O–H groups in total. The summed E-state index contributed by atoms with van der Waals surface area (Å²) in [5.41, 5.74) is 1.60. The van der Waals surface area contributed by atoms with Crippen molar-refractivity contribution in [3.05, 3.63) is 0 Å². The molecular formula is C27H48. The van der Waals surface area contributed by atoms with Gasteiger partial charge in [0.25, 0.3) is 0 Å². The molecule has 5 rings (SSSR count). The van der Waals surface area contributed by atoms with Crippen molar-refractivity contribution in [3.8, 4) is 0 Å². The average molecular weight is 373 g/mol. The molecule has 5 aliphatic carbocycles. The zero-order valence-corrected chi connectivity index (χ0v) is 18.7. The van der Waals surface area contributed by atoms with Crippen molar-refractivity contribution in [3.63, 3.8) is 0 Å². The molecule has 0 aromatic carbocycles. The molecule has 0 nitrogen and oxygen atoms in total. The van der Waals surface area contributed by atoms with E-state index in [1.54, 1.807) is 96.3 Å². The number of hydrogen-bond acceptors (Lipinski definition) is 0. The number of rotatable bonds is 7. The molecule has 0 spiro atoms. The fourth-order valence-corrected chi connectivity index (χ4v) is 8.39. The first-order chi connectivity index (χ1) is 13.2. The molecule has 156 valence electrons.